The van der Waals surface area contributed by atoms with E-state index in [4.69, 9.17) is 4.74 Å². The van der Waals surface area contributed by atoms with E-state index in [0.717, 1.165) is 31.6 Å². The smallest absolute Gasteiger partial charge is 0.306 e. The van der Waals surface area contributed by atoms with Gasteiger partial charge in [0.2, 0.25) is 0 Å². The number of hydrogen-bond donors (Lipinski definition) is 1. The molecular formula is C20H27NO3. The molecule has 0 bridgehead atoms. The highest BCUT2D eigenvalue weighted by molar-refractivity contribution is 5.69. The Morgan fingerprint density at radius 1 is 1.46 bits per heavy atom. The summed E-state index contributed by atoms with van der Waals surface area (Å²) in [4.78, 5) is 14.5. The number of phenols is 1. The maximum Gasteiger partial charge on any atom is 0.306 e. The first kappa shape index (κ1) is 18.3. The fourth-order valence-electron chi connectivity index (χ4n) is 3.51. The Morgan fingerprint density at radius 2 is 2.25 bits per heavy atom. The van der Waals surface area contributed by atoms with Crippen molar-refractivity contribution in [1.82, 2.24) is 4.90 Å². The number of likely N-dealkylation sites (tertiary alicyclic amines) is 1. The number of carbonyl (C=O) groups is 1. The van der Waals surface area contributed by atoms with Crippen LogP contribution in [0.2, 0.25) is 0 Å². The van der Waals surface area contributed by atoms with Crippen molar-refractivity contribution >= 4 is 5.97 Å². The predicted molar refractivity (Wildman–Crippen MR) is 95.7 cm³/mol. The molecule has 2 atom stereocenters. The van der Waals surface area contributed by atoms with Crippen LogP contribution in [0.1, 0.15) is 31.7 Å². The minimum Gasteiger partial charge on any atom is -0.508 e. The normalized spacial score (nSPS) is 24.3. The lowest BCUT2D eigenvalue weighted by Crippen LogP contribution is -2.52. The third-order valence-electron chi connectivity index (χ3n) is 4.70. The number of aromatic hydroxyl groups is 1. The summed E-state index contributed by atoms with van der Waals surface area (Å²) in [5.74, 6) is 0.0517. The predicted octanol–water partition coefficient (Wildman–Crippen LogP) is 3.62. The second-order valence-corrected chi connectivity index (χ2v) is 6.29. The van der Waals surface area contributed by atoms with Crippen LogP contribution in [0.25, 0.3) is 0 Å². The van der Waals surface area contributed by atoms with Crippen molar-refractivity contribution in [3.63, 3.8) is 0 Å². The maximum absolute atomic E-state index is 12.2. The van der Waals surface area contributed by atoms with Crippen LogP contribution in [0.15, 0.2) is 49.6 Å². The lowest BCUT2D eigenvalue weighted by Gasteiger charge is -2.47. The van der Waals surface area contributed by atoms with Crippen LogP contribution >= 0.6 is 0 Å². The molecule has 0 saturated carbocycles. The van der Waals surface area contributed by atoms with E-state index in [0.29, 0.717) is 12.8 Å². The molecule has 1 saturated heterocycles. The zero-order valence-corrected chi connectivity index (χ0v) is 14.4. The summed E-state index contributed by atoms with van der Waals surface area (Å²) < 4.78 is 6.01. The molecule has 1 aromatic rings. The molecule has 1 aromatic carbocycles. The zero-order valence-electron chi connectivity index (χ0n) is 14.4. The molecule has 0 aromatic heterocycles. The monoisotopic (exact) mass is 329 g/mol. The topological polar surface area (TPSA) is 49.8 Å². The molecule has 0 unspecified atom stereocenters. The Bertz CT molecular complexity index is 598. The third kappa shape index (κ3) is 3.88. The van der Waals surface area contributed by atoms with Crippen LogP contribution < -0.4 is 0 Å². The van der Waals surface area contributed by atoms with E-state index < -0.39 is 5.60 Å². The Balaban J connectivity index is 2.44. The van der Waals surface area contributed by atoms with E-state index in [1.807, 2.05) is 18.2 Å². The van der Waals surface area contributed by atoms with E-state index in [1.165, 1.54) is 0 Å². The molecule has 2 rings (SSSR count). The average Bonchev–Trinajstić information content (AvgIpc) is 2.57. The van der Waals surface area contributed by atoms with Crippen LogP contribution in [0.5, 0.6) is 5.75 Å². The van der Waals surface area contributed by atoms with Crippen LogP contribution in [-0.2, 0) is 15.1 Å². The van der Waals surface area contributed by atoms with Crippen LogP contribution in [0, 0.1) is 5.92 Å². The molecule has 1 N–H and O–H groups in total. The van der Waals surface area contributed by atoms with Gasteiger partial charge >= 0.3 is 5.97 Å². The minimum absolute atomic E-state index is 0.0843. The van der Waals surface area contributed by atoms with Crippen molar-refractivity contribution in [2.75, 3.05) is 19.6 Å². The summed E-state index contributed by atoms with van der Waals surface area (Å²) in [7, 11) is 0. The van der Waals surface area contributed by atoms with E-state index >= 15 is 0 Å². The average molecular weight is 329 g/mol. The molecule has 1 aliphatic rings. The molecule has 0 amide bonds. The molecule has 4 heteroatoms. The van der Waals surface area contributed by atoms with Gasteiger partial charge in [0.25, 0.3) is 0 Å². The number of phenolic OH excluding ortho intramolecular Hbond substituents is 1. The van der Waals surface area contributed by atoms with Gasteiger partial charge in [-0.05, 0) is 24.1 Å². The van der Waals surface area contributed by atoms with Gasteiger partial charge in [0.15, 0.2) is 0 Å². The van der Waals surface area contributed by atoms with Gasteiger partial charge in [0.05, 0.1) is 0 Å². The van der Waals surface area contributed by atoms with E-state index in [9.17, 15) is 9.90 Å². The first-order valence-corrected chi connectivity index (χ1v) is 8.51. The van der Waals surface area contributed by atoms with Gasteiger partial charge in [-0.3, -0.25) is 9.69 Å². The van der Waals surface area contributed by atoms with Crippen molar-refractivity contribution in [2.45, 2.75) is 31.8 Å². The Morgan fingerprint density at radius 3 is 2.88 bits per heavy atom. The lowest BCUT2D eigenvalue weighted by atomic mass is 9.74. The molecule has 1 aliphatic heterocycles. The molecule has 1 heterocycles. The standard InChI is InChI=1S/C20H27NO3/c1-4-8-17-15-21(12-5-2)13-11-20(17,24-19(23)6-3)16-9-7-10-18(22)14-16/h4-5,7,9-10,14,17,22H,1-2,6,8,11-13,15H2,3H3/t17-,20-/m0/s1. The number of carbonyl (C=O) groups excluding carboxylic acids is 1. The van der Waals surface area contributed by atoms with E-state index in [1.54, 1.807) is 25.1 Å². The van der Waals surface area contributed by atoms with Crippen LogP contribution in [0.3, 0.4) is 0 Å². The lowest BCUT2D eigenvalue weighted by molar-refractivity contribution is -0.176. The number of benzene rings is 1. The van der Waals surface area contributed by atoms with Gasteiger partial charge in [-0.25, -0.2) is 0 Å². The largest absolute Gasteiger partial charge is 0.508 e. The fraction of sp³-hybridized carbons (Fsp3) is 0.450. The summed E-state index contributed by atoms with van der Waals surface area (Å²) in [6, 6.07) is 7.07. The van der Waals surface area contributed by atoms with E-state index in [-0.39, 0.29) is 17.6 Å². The van der Waals surface area contributed by atoms with Gasteiger partial charge in [0.1, 0.15) is 11.4 Å². The number of hydrogen-bond acceptors (Lipinski definition) is 4. The fourth-order valence-corrected chi connectivity index (χ4v) is 3.51. The Kier molecular flexibility index (Phi) is 6.21. The molecule has 0 spiro atoms. The molecule has 4 nitrogen and oxygen atoms in total. The van der Waals surface area contributed by atoms with Crippen molar-refractivity contribution in [3.8, 4) is 5.75 Å². The van der Waals surface area contributed by atoms with Crippen molar-refractivity contribution < 1.29 is 14.6 Å². The molecule has 0 radical (unpaired) electrons. The summed E-state index contributed by atoms with van der Waals surface area (Å²) in [6.07, 6.45) is 5.52. The second-order valence-electron chi connectivity index (χ2n) is 6.29. The summed E-state index contributed by atoms with van der Waals surface area (Å²) in [5.41, 5.74) is 0.131. The second kappa shape index (κ2) is 8.15. The van der Waals surface area contributed by atoms with E-state index in [2.05, 4.69) is 18.1 Å². The van der Waals surface area contributed by atoms with Gasteiger partial charge in [0, 0.05) is 38.4 Å². The Hall–Kier alpha value is -2.07. The molecular weight excluding hydrogens is 302 g/mol. The highest BCUT2D eigenvalue weighted by Gasteiger charge is 2.46. The number of rotatable bonds is 7. The van der Waals surface area contributed by atoms with Gasteiger partial charge in [-0.1, -0.05) is 31.2 Å². The highest BCUT2D eigenvalue weighted by atomic mass is 16.6. The quantitative estimate of drug-likeness (QED) is 0.613. The molecule has 24 heavy (non-hydrogen) atoms. The molecule has 130 valence electrons. The number of nitrogens with zero attached hydrogens (tertiary/aromatic N) is 1. The molecule has 0 aliphatic carbocycles. The van der Waals surface area contributed by atoms with Gasteiger partial charge in [-0.2, -0.15) is 0 Å². The SMILES string of the molecule is C=CC[C@H]1CN(CC=C)CC[C@]1(OC(=O)CC)c1cccc(O)c1. The number of piperidine rings is 1. The van der Waals surface area contributed by atoms with Crippen LogP contribution in [-0.4, -0.2) is 35.6 Å². The summed E-state index contributed by atoms with van der Waals surface area (Å²) in [5, 5.41) is 9.92. The van der Waals surface area contributed by atoms with Crippen molar-refractivity contribution in [1.29, 1.82) is 0 Å². The first-order chi connectivity index (χ1) is 11.6. The van der Waals surface area contributed by atoms with Gasteiger partial charge < -0.3 is 9.84 Å². The van der Waals surface area contributed by atoms with Crippen molar-refractivity contribution in [3.05, 3.63) is 55.1 Å². The minimum atomic E-state index is -0.725. The maximum atomic E-state index is 12.2. The Labute approximate surface area is 144 Å². The number of esters is 1. The zero-order chi connectivity index (χ0) is 17.6. The van der Waals surface area contributed by atoms with Crippen LogP contribution in [0.4, 0.5) is 0 Å². The van der Waals surface area contributed by atoms with Crippen molar-refractivity contribution in [2.24, 2.45) is 5.92 Å². The van der Waals surface area contributed by atoms with Gasteiger partial charge in [-0.15, -0.1) is 13.2 Å². The summed E-state index contributed by atoms with van der Waals surface area (Å²) >= 11 is 0. The number of ether oxygens (including phenoxy) is 1. The third-order valence-corrected chi connectivity index (χ3v) is 4.70. The molecule has 1 fully saturated rings. The summed E-state index contributed by atoms with van der Waals surface area (Å²) in [6.45, 7) is 11.9. The highest BCUT2D eigenvalue weighted by Crippen LogP contribution is 2.44. The number of allylic oxidation sites excluding steroid dienone is 1. The first-order valence-electron chi connectivity index (χ1n) is 8.51.